The number of aliphatic carboxylic acids is 1. The molecule has 0 aromatic heterocycles. The fourth-order valence-corrected chi connectivity index (χ4v) is 15.1. The van der Waals surface area contributed by atoms with Crippen molar-refractivity contribution in [2.24, 2.45) is 0 Å². The SMILES string of the molecule is CC(=O)N[C@H]1[C@@H](O[C@H]2[C@H](O[C@H]3[C@H](O[C@@H]4O[C@H](CO)[C@@H](O)[C@H](O)[C@H]4O)[C@@H](O)[C@@H](O[C@H]4[C@@H]([C@H](O)CO)O[C@@](O)(C(=O)O)C[C@H]4O)O[C@@H]3CO[C@@H]3O[C@H](CO)[C@@H](O)[C@H](O)[C@H]3O[C@H]3O[C@H](CO)[C@@H](O[C@@H]4O[C@H](CO)[C@H](O[C@H]5O[C@H](CO)[C@H](O)[C@H](O)[C@H]5O)[C@H](O)[C@H]4O)[C@H](O)[C@H]3O)O[C@H](CO)[C@@H](O)[C@@H]2O)O[C@H](CO)[C@@H](O[C@@H]2O[C@H](CO)[C@H](O)[C@H](O)[C@H]2O)[C@@H]1O. The predicted molar refractivity (Wildman–Crippen MR) is 352 cm³/mol. The van der Waals surface area contributed by atoms with Crippen LogP contribution in [0.4, 0.5) is 0 Å². The van der Waals surface area contributed by atoms with Crippen molar-refractivity contribution in [2.45, 2.75) is 320 Å². The van der Waals surface area contributed by atoms with Crippen molar-refractivity contribution < 1.29 is 263 Å². The van der Waals surface area contributed by atoms with Crippen molar-refractivity contribution in [1.29, 1.82) is 0 Å². The lowest BCUT2D eigenvalue weighted by Gasteiger charge is -2.52. The summed E-state index contributed by atoms with van der Waals surface area (Å²) in [5, 5.41) is 354. The molecular formula is C64H107NO53. The van der Waals surface area contributed by atoms with E-state index in [4.69, 9.17) is 90.0 Å². The molecule has 10 rings (SSSR count). The number of carboxylic acids is 1. The second kappa shape index (κ2) is 41.6. The molecule has 10 fully saturated rings. The monoisotopic (exact) mass is 1740 g/mol. The van der Waals surface area contributed by atoms with Gasteiger partial charge in [-0.1, -0.05) is 0 Å². The van der Waals surface area contributed by atoms with Gasteiger partial charge in [0.05, 0.1) is 72.2 Å². The maximum Gasteiger partial charge on any atom is 0.364 e. The molecule has 0 unspecified atom stereocenters. The van der Waals surface area contributed by atoms with Gasteiger partial charge in [-0.05, 0) is 0 Å². The Bertz CT molecular complexity index is 3090. The summed E-state index contributed by atoms with van der Waals surface area (Å²) in [5.74, 6) is -6.56. The molecule has 0 bridgehead atoms. The molecule has 10 aliphatic heterocycles. The van der Waals surface area contributed by atoms with Crippen molar-refractivity contribution in [2.75, 3.05) is 66.1 Å². The van der Waals surface area contributed by atoms with Crippen molar-refractivity contribution in [1.82, 2.24) is 5.32 Å². The van der Waals surface area contributed by atoms with Crippen LogP contribution in [-0.4, -0.2) is 548 Å². The largest absolute Gasteiger partial charge is 0.477 e. The first-order valence-corrected chi connectivity index (χ1v) is 37.2. The average molecular weight is 1740 g/mol. The third kappa shape index (κ3) is 20.3. The first-order valence-electron chi connectivity index (χ1n) is 37.2. The standard InChI is InChI=1S/C64H107NO53/c1-13(75)65-25-31(83)47(111-55-39(91)32(84)26(78)16(4-67)101-55)21(9-72)106-54(25)116-53-36(88)30(82)20(8-71)105-62(53)114-50-24(109-60(44(96)51(50)115-57-41(93)34(86)28(80)18(6-69)103-57)110-45-14(76)2-64(99,63(97)98)118-46(45)15(77)3-66)12-100-61-52(35(87)29(81)19(7-70)104-61)117-59-43(95)38(90)49(23(11-74)108-59)113-58-42(94)37(89)48(22(10-73)107-58)112-56-40(92)33(85)27(79)17(5-68)102-56/h14-62,66-74,76-96,99H,2-12H2,1H3,(H,65,75)(H,97,98)/t14-,15-,16-,17-,18-,19-,20-,21-,22-,23-,24-,25-,26+,27+,28-,29-,30-,31-,32+,33+,34+,35+,36+,37-,38-,39-,40-,41-,42-,43-,44-,45-,46-,47-,48+,49-,50-,51-,52-,53-,54-,55+,56-,57+,58+,59-,60-,61-,62+,64-/m1/s1. The van der Waals surface area contributed by atoms with E-state index in [1.165, 1.54) is 0 Å². The number of hydrogen-bond donors (Lipinski definition) is 33. The van der Waals surface area contributed by atoms with E-state index < -0.39 is 391 Å². The van der Waals surface area contributed by atoms with Crippen LogP contribution in [0.5, 0.6) is 0 Å². The van der Waals surface area contributed by atoms with Crippen LogP contribution in [0.25, 0.3) is 0 Å². The Balaban J connectivity index is 0.996. The Morgan fingerprint density at radius 3 is 1.01 bits per heavy atom. The first-order chi connectivity index (χ1) is 55.8. The van der Waals surface area contributed by atoms with E-state index in [0.29, 0.717) is 0 Å². The van der Waals surface area contributed by atoms with Crippen LogP contribution >= 0.6 is 0 Å². The van der Waals surface area contributed by atoms with E-state index in [-0.39, 0.29) is 0 Å². The predicted octanol–water partition coefficient (Wildman–Crippen LogP) is -22.8. The van der Waals surface area contributed by atoms with Crippen LogP contribution in [0.1, 0.15) is 13.3 Å². The zero-order chi connectivity index (χ0) is 86.9. The molecule has 54 heteroatoms. The van der Waals surface area contributed by atoms with Gasteiger partial charge in [0.15, 0.2) is 56.6 Å². The van der Waals surface area contributed by atoms with E-state index in [1.54, 1.807) is 0 Å². The Morgan fingerprint density at radius 1 is 0.331 bits per heavy atom. The summed E-state index contributed by atoms with van der Waals surface area (Å²) in [7, 11) is 0. The van der Waals surface area contributed by atoms with Crippen LogP contribution in [0.2, 0.25) is 0 Å². The third-order valence-electron chi connectivity index (χ3n) is 21.8. The fraction of sp³-hybridized carbons (Fsp3) is 0.969. The summed E-state index contributed by atoms with van der Waals surface area (Å²) in [6.07, 6.45) is -108. The van der Waals surface area contributed by atoms with Crippen LogP contribution in [0, 0.1) is 0 Å². The number of rotatable bonds is 31. The highest BCUT2D eigenvalue weighted by atomic mass is 16.8. The average Bonchev–Trinajstić information content (AvgIpc) is 0.759. The summed E-state index contributed by atoms with van der Waals surface area (Å²) in [6.45, 7) is -11.0. The molecule has 0 aromatic carbocycles. The highest BCUT2D eigenvalue weighted by Crippen LogP contribution is 2.42. The molecular weight excluding hydrogens is 1630 g/mol. The molecule has 686 valence electrons. The van der Waals surface area contributed by atoms with Gasteiger partial charge in [-0.15, -0.1) is 0 Å². The Kier molecular flexibility index (Phi) is 34.2. The Morgan fingerprint density at radius 2 is 0.619 bits per heavy atom. The van der Waals surface area contributed by atoms with Gasteiger partial charge in [-0.2, -0.15) is 0 Å². The molecule has 10 saturated heterocycles. The minimum Gasteiger partial charge on any atom is -0.477 e. The molecule has 1 amide bonds. The summed E-state index contributed by atoms with van der Waals surface area (Å²) in [6, 6.07) is -2.04. The van der Waals surface area contributed by atoms with E-state index in [0.717, 1.165) is 6.92 Å². The molecule has 50 atom stereocenters. The van der Waals surface area contributed by atoms with E-state index >= 15 is 0 Å². The number of hydrogen-bond acceptors (Lipinski definition) is 52. The molecule has 33 N–H and O–H groups in total. The molecule has 54 nitrogen and oxygen atoms in total. The van der Waals surface area contributed by atoms with Crippen molar-refractivity contribution in [3.8, 4) is 0 Å². The Hall–Kier alpha value is -3.06. The lowest BCUT2D eigenvalue weighted by molar-refractivity contribution is -0.413. The molecule has 0 saturated carbocycles. The molecule has 0 aromatic rings. The van der Waals surface area contributed by atoms with Gasteiger partial charge in [-0.25, -0.2) is 4.79 Å². The fourth-order valence-electron chi connectivity index (χ4n) is 15.1. The lowest BCUT2D eigenvalue weighted by atomic mass is 9.92. The van der Waals surface area contributed by atoms with Crippen molar-refractivity contribution in [3.63, 3.8) is 0 Å². The highest BCUT2D eigenvalue weighted by Gasteiger charge is 2.63. The molecule has 0 aliphatic carbocycles. The van der Waals surface area contributed by atoms with E-state index in [9.17, 15) is 173 Å². The van der Waals surface area contributed by atoms with Gasteiger partial charge in [0.1, 0.15) is 238 Å². The number of nitrogens with one attached hydrogen (secondary N) is 1. The number of ether oxygens (including phenoxy) is 19. The second-order valence-electron chi connectivity index (χ2n) is 29.7. The van der Waals surface area contributed by atoms with Crippen LogP contribution in [0.15, 0.2) is 0 Å². The highest BCUT2D eigenvalue weighted by molar-refractivity contribution is 5.75. The van der Waals surface area contributed by atoms with E-state index in [1.807, 2.05) is 0 Å². The summed E-state index contributed by atoms with van der Waals surface area (Å²) < 4.78 is 111. The van der Waals surface area contributed by atoms with Gasteiger partial charge in [0, 0.05) is 13.3 Å². The van der Waals surface area contributed by atoms with Gasteiger partial charge in [-0.3, -0.25) is 4.79 Å². The number of carbonyl (C=O) groups excluding carboxylic acids is 1. The minimum atomic E-state index is -3.38. The first kappa shape index (κ1) is 97.1. The van der Waals surface area contributed by atoms with Gasteiger partial charge >= 0.3 is 5.97 Å². The normalized spacial score (nSPS) is 51.4. The van der Waals surface area contributed by atoms with E-state index in [2.05, 4.69) is 5.32 Å². The summed E-state index contributed by atoms with van der Waals surface area (Å²) in [5.41, 5.74) is 0. The smallest absolute Gasteiger partial charge is 0.364 e. The molecule has 10 heterocycles. The molecule has 10 aliphatic rings. The zero-order valence-electron chi connectivity index (χ0n) is 62.0. The topological polar surface area (TPSA) is 869 Å². The van der Waals surface area contributed by atoms with Gasteiger partial charge in [0.25, 0.3) is 5.79 Å². The Labute approximate surface area is 664 Å². The van der Waals surface area contributed by atoms with Gasteiger partial charge < -0.3 is 259 Å². The maximum absolute atomic E-state index is 13.0. The third-order valence-corrected chi connectivity index (χ3v) is 21.8. The number of aliphatic hydroxyl groups excluding tert-OH is 30. The zero-order valence-corrected chi connectivity index (χ0v) is 62.0. The van der Waals surface area contributed by atoms with Crippen LogP contribution in [0.3, 0.4) is 0 Å². The second-order valence-corrected chi connectivity index (χ2v) is 29.7. The maximum atomic E-state index is 13.0. The quantitative estimate of drug-likeness (QED) is 0.0306. The van der Waals surface area contributed by atoms with Crippen molar-refractivity contribution in [3.05, 3.63) is 0 Å². The summed E-state index contributed by atoms with van der Waals surface area (Å²) >= 11 is 0. The number of aliphatic hydroxyl groups is 31. The van der Waals surface area contributed by atoms with Crippen LogP contribution < -0.4 is 5.32 Å². The number of carboxylic acid groups (broad SMARTS) is 1. The van der Waals surface area contributed by atoms with Crippen molar-refractivity contribution >= 4 is 11.9 Å². The van der Waals surface area contributed by atoms with Gasteiger partial charge in [0.2, 0.25) is 5.91 Å². The minimum absolute atomic E-state index is 0.890. The number of carbonyl (C=O) groups is 2. The van der Waals surface area contributed by atoms with Crippen LogP contribution in [-0.2, 0) is 99.6 Å². The molecule has 118 heavy (non-hydrogen) atoms. The molecule has 0 spiro atoms. The molecule has 0 radical (unpaired) electrons. The summed E-state index contributed by atoms with van der Waals surface area (Å²) in [4.78, 5) is 25.4. The number of amides is 1. The lowest BCUT2D eigenvalue weighted by Crippen LogP contribution is -2.70.